The summed E-state index contributed by atoms with van der Waals surface area (Å²) in [4.78, 5) is 10.8. The second-order valence-electron chi connectivity index (χ2n) is 5.45. The van der Waals surface area contributed by atoms with Crippen LogP contribution in [-0.2, 0) is 0 Å². The van der Waals surface area contributed by atoms with E-state index in [2.05, 4.69) is 5.16 Å². The van der Waals surface area contributed by atoms with Crippen molar-refractivity contribution in [1.29, 1.82) is 0 Å². The lowest BCUT2D eigenvalue weighted by Gasteiger charge is -2.23. The Morgan fingerprint density at radius 3 is 2.62 bits per heavy atom. The van der Waals surface area contributed by atoms with Gasteiger partial charge in [0, 0.05) is 16.7 Å². The lowest BCUT2D eigenvalue weighted by molar-refractivity contribution is 0.0686. The van der Waals surface area contributed by atoms with Gasteiger partial charge in [-0.25, -0.2) is 4.79 Å². The maximum atomic E-state index is 10.8. The zero-order chi connectivity index (χ0) is 14.8. The number of hydrogen-bond donors (Lipinski definition) is 1. The Morgan fingerprint density at radius 1 is 1.24 bits per heavy atom. The standard InChI is InChI=1S/C16H16ClNO3/c17-13-8-11(15-9-14(16(19)20)18-21-15)6-7-12(13)10-4-2-1-3-5-10/h6-10H,1-5H2,(H,19,20). The molecule has 1 N–H and O–H groups in total. The first-order valence-corrected chi connectivity index (χ1v) is 7.53. The van der Waals surface area contributed by atoms with Crippen molar-refractivity contribution in [3.63, 3.8) is 0 Å². The molecular weight excluding hydrogens is 290 g/mol. The number of carboxylic acid groups (broad SMARTS) is 1. The predicted molar refractivity (Wildman–Crippen MR) is 79.7 cm³/mol. The van der Waals surface area contributed by atoms with Crippen LogP contribution in [0.4, 0.5) is 0 Å². The fourth-order valence-corrected chi connectivity index (χ4v) is 3.27. The molecule has 1 aromatic carbocycles. The van der Waals surface area contributed by atoms with Crippen molar-refractivity contribution in [2.24, 2.45) is 0 Å². The fraction of sp³-hybridized carbons (Fsp3) is 0.375. The lowest BCUT2D eigenvalue weighted by atomic mass is 9.84. The molecule has 3 rings (SSSR count). The van der Waals surface area contributed by atoms with Gasteiger partial charge in [-0.1, -0.05) is 48.2 Å². The van der Waals surface area contributed by atoms with Crippen molar-refractivity contribution < 1.29 is 14.4 Å². The number of nitrogens with zero attached hydrogens (tertiary/aromatic N) is 1. The fourth-order valence-electron chi connectivity index (χ4n) is 2.94. The van der Waals surface area contributed by atoms with Crippen molar-refractivity contribution >= 4 is 17.6 Å². The SMILES string of the molecule is O=C(O)c1cc(-c2ccc(C3CCCCC3)c(Cl)c2)on1. The highest BCUT2D eigenvalue weighted by Crippen LogP contribution is 2.37. The lowest BCUT2D eigenvalue weighted by Crippen LogP contribution is -2.05. The first kappa shape index (κ1) is 14.1. The molecule has 1 aliphatic carbocycles. The summed E-state index contributed by atoms with van der Waals surface area (Å²) in [6.07, 6.45) is 6.19. The van der Waals surface area contributed by atoms with Crippen LogP contribution < -0.4 is 0 Å². The van der Waals surface area contributed by atoms with Gasteiger partial charge in [0.25, 0.3) is 0 Å². The van der Waals surface area contributed by atoms with Gasteiger partial charge in [0.15, 0.2) is 11.5 Å². The van der Waals surface area contributed by atoms with E-state index < -0.39 is 5.97 Å². The number of halogens is 1. The Labute approximate surface area is 127 Å². The molecule has 5 heteroatoms. The highest BCUT2D eigenvalue weighted by atomic mass is 35.5. The molecule has 21 heavy (non-hydrogen) atoms. The van der Waals surface area contributed by atoms with Crippen LogP contribution in [0.1, 0.15) is 54.1 Å². The Hall–Kier alpha value is -1.81. The van der Waals surface area contributed by atoms with E-state index in [4.69, 9.17) is 21.2 Å². The summed E-state index contributed by atoms with van der Waals surface area (Å²) >= 11 is 6.40. The summed E-state index contributed by atoms with van der Waals surface area (Å²) in [7, 11) is 0. The number of benzene rings is 1. The van der Waals surface area contributed by atoms with Crippen molar-refractivity contribution in [3.8, 4) is 11.3 Å². The van der Waals surface area contributed by atoms with Crippen molar-refractivity contribution in [2.45, 2.75) is 38.0 Å². The molecule has 0 spiro atoms. The number of carbonyl (C=O) groups is 1. The third kappa shape index (κ3) is 2.95. The molecule has 0 radical (unpaired) electrons. The number of carboxylic acids is 1. The molecule has 1 saturated carbocycles. The summed E-state index contributed by atoms with van der Waals surface area (Å²) in [6, 6.07) is 7.19. The molecule has 1 aliphatic rings. The predicted octanol–water partition coefficient (Wildman–Crippen LogP) is 4.74. The van der Waals surface area contributed by atoms with Gasteiger partial charge in [0.2, 0.25) is 0 Å². The van der Waals surface area contributed by atoms with Crippen LogP contribution in [0.2, 0.25) is 5.02 Å². The molecule has 0 unspecified atom stereocenters. The Kier molecular flexibility index (Phi) is 3.97. The van der Waals surface area contributed by atoms with E-state index in [0.29, 0.717) is 16.7 Å². The summed E-state index contributed by atoms with van der Waals surface area (Å²) in [6.45, 7) is 0. The summed E-state index contributed by atoms with van der Waals surface area (Å²) in [5.41, 5.74) is 1.83. The van der Waals surface area contributed by atoms with Crippen LogP contribution in [0.25, 0.3) is 11.3 Å². The summed E-state index contributed by atoms with van der Waals surface area (Å²) in [5.74, 6) is -0.149. The zero-order valence-corrected chi connectivity index (χ0v) is 12.3. The van der Waals surface area contributed by atoms with Crippen LogP contribution in [-0.4, -0.2) is 16.2 Å². The van der Waals surface area contributed by atoms with E-state index in [9.17, 15) is 4.79 Å². The van der Waals surface area contributed by atoms with Gasteiger partial charge in [-0.2, -0.15) is 0 Å². The number of aromatic nitrogens is 1. The molecule has 0 aliphatic heterocycles. The third-order valence-corrected chi connectivity index (χ3v) is 4.39. The molecule has 1 aromatic heterocycles. The smallest absolute Gasteiger partial charge is 0.358 e. The van der Waals surface area contributed by atoms with Crippen LogP contribution >= 0.6 is 11.6 Å². The quantitative estimate of drug-likeness (QED) is 0.889. The molecule has 4 nitrogen and oxygen atoms in total. The van der Waals surface area contributed by atoms with Crippen molar-refractivity contribution in [2.75, 3.05) is 0 Å². The minimum atomic E-state index is -1.10. The molecule has 2 aromatic rings. The van der Waals surface area contributed by atoms with Gasteiger partial charge in [0.1, 0.15) is 0 Å². The number of aromatic carboxylic acids is 1. The van der Waals surface area contributed by atoms with Gasteiger partial charge in [-0.3, -0.25) is 0 Å². The number of hydrogen-bond acceptors (Lipinski definition) is 3. The first-order valence-electron chi connectivity index (χ1n) is 7.15. The largest absolute Gasteiger partial charge is 0.476 e. The van der Waals surface area contributed by atoms with Crippen LogP contribution in [0.15, 0.2) is 28.8 Å². The van der Waals surface area contributed by atoms with Crippen LogP contribution in [0.5, 0.6) is 0 Å². The Morgan fingerprint density at radius 2 is 2.00 bits per heavy atom. The molecule has 0 bridgehead atoms. The number of rotatable bonds is 3. The maximum Gasteiger partial charge on any atom is 0.358 e. The highest BCUT2D eigenvalue weighted by Gasteiger charge is 2.19. The monoisotopic (exact) mass is 305 g/mol. The molecule has 0 saturated heterocycles. The topological polar surface area (TPSA) is 63.3 Å². The highest BCUT2D eigenvalue weighted by molar-refractivity contribution is 6.31. The van der Waals surface area contributed by atoms with Crippen molar-refractivity contribution in [3.05, 3.63) is 40.5 Å². The molecule has 110 valence electrons. The minimum absolute atomic E-state index is 0.0996. The third-order valence-electron chi connectivity index (χ3n) is 4.06. The second-order valence-corrected chi connectivity index (χ2v) is 5.86. The normalized spacial score (nSPS) is 16.0. The van der Waals surface area contributed by atoms with E-state index in [1.54, 1.807) is 0 Å². The summed E-state index contributed by atoms with van der Waals surface area (Å²) in [5, 5.41) is 13.1. The minimum Gasteiger partial charge on any atom is -0.476 e. The average molecular weight is 306 g/mol. The Balaban J connectivity index is 1.87. The zero-order valence-electron chi connectivity index (χ0n) is 11.5. The summed E-state index contributed by atoms with van der Waals surface area (Å²) < 4.78 is 5.06. The average Bonchev–Trinajstić information content (AvgIpc) is 2.98. The second kappa shape index (κ2) is 5.90. The van der Waals surface area contributed by atoms with Crippen molar-refractivity contribution in [1.82, 2.24) is 5.16 Å². The first-order chi connectivity index (χ1) is 10.1. The van der Waals surface area contributed by atoms with Gasteiger partial charge in [0.05, 0.1) is 0 Å². The molecule has 1 heterocycles. The van der Waals surface area contributed by atoms with Gasteiger partial charge in [-0.05, 0) is 30.4 Å². The van der Waals surface area contributed by atoms with Gasteiger partial charge < -0.3 is 9.63 Å². The van der Waals surface area contributed by atoms with E-state index in [0.717, 1.165) is 5.56 Å². The Bertz CT molecular complexity index is 659. The van der Waals surface area contributed by atoms with E-state index in [-0.39, 0.29) is 5.69 Å². The van der Waals surface area contributed by atoms with E-state index in [1.807, 2.05) is 18.2 Å². The maximum absolute atomic E-state index is 10.8. The molecule has 0 atom stereocenters. The molecule has 1 fully saturated rings. The molecular formula is C16H16ClNO3. The van der Waals surface area contributed by atoms with E-state index in [1.165, 1.54) is 43.7 Å². The van der Waals surface area contributed by atoms with Gasteiger partial charge in [-0.15, -0.1) is 0 Å². The van der Waals surface area contributed by atoms with Crippen LogP contribution in [0.3, 0.4) is 0 Å². The van der Waals surface area contributed by atoms with E-state index >= 15 is 0 Å². The van der Waals surface area contributed by atoms with Gasteiger partial charge >= 0.3 is 5.97 Å². The van der Waals surface area contributed by atoms with Crippen LogP contribution in [0, 0.1) is 0 Å². The molecule has 0 amide bonds.